The predicted octanol–water partition coefficient (Wildman–Crippen LogP) is 0.891. The Kier molecular flexibility index (Phi) is 2.86. The summed E-state index contributed by atoms with van der Waals surface area (Å²) in [6, 6.07) is 0. The zero-order valence-corrected chi connectivity index (χ0v) is 4.20. The summed E-state index contributed by atoms with van der Waals surface area (Å²) < 4.78 is 0. The second-order valence-electron chi connectivity index (χ2n) is 1.08. The van der Waals surface area contributed by atoms with E-state index >= 15 is 0 Å². The van der Waals surface area contributed by atoms with Gasteiger partial charge in [-0.3, -0.25) is 0 Å². The smallest absolute Gasteiger partial charge is 0.0667 e. The second-order valence-corrected chi connectivity index (χ2v) is 1.97. The van der Waals surface area contributed by atoms with Crippen molar-refractivity contribution in [3.8, 4) is 0 Å². The van der Waals surface area contributed by atoms with Crippen LogP contribution < -0.4 is 0 Å². The summed E-state index contributed by atoms with van der Waals surface area (Å²) in [6.07, 6.45) is 0.670. The molecule has 0 saturated heterocycles. The van der Waals surface area contributed by atoms with E-state index in [1.807, 2.05) is 6.92 Å². The van der Waals surface area contributed by atoms with Gasteiger partial charge in [0.2, 0.25) is 0 Å². The second kappa shape index (κ2) is 2.64. The van der Waals surface area contributed by atoms with Gasteiger partial charge in [0.25, 0.3) is 0 Å². The third-order valence-electron chi connectivity index (χ3n) is 0.341. The van der Waals surface area contributed by atoms with Crippen LogP contribution in [0.15, 0.2) is 0 Å². The van der Waals surface area contributed by atoms with Gasteiger partial charge in [0, 0.05) is 0 Å². The van der Waals surface area contributed by atoms with Gasteiger partial charge in [-0.2, -0.15) is 12.6 Å². The minimum absolute atomic E-state index is 0.356. The van der Waals surface area contributed by atoms with Crippen LogP contribution in [0, 0.1) is 0 Å². The third kappa shape index (κ3) is 4.41. The summed E-state index contributed by atoms with van der Waals surface area (Å²) in [5, 5.41) is 0.356. The molecule has 0 aromatic heterocycles. The molecule has 0 nitrogen and oxygen atoms in total. The van der Waals surface area contributed by atoms with Crippen molar-refractivity contribution >= 4 is 20.5 Å². The molecule has 0 bridgehead atoms. The molecular formula is C3H7BS. The normalized spacial score (nSPS) is 14.8. The topological polar surface area (TPSA) is 0 Å². The first kappa shape index (κ1) is 5.41. The minimum Gasteiger partial charge on any atom is -0.177 e. The molecule has 2 radical (unpaired) electrons. The number of hydrogen-bond acceptors (Lipinski definition) is 1. The lowest BCUT2D eigenvalue weighted by Gasteiger charge is -1.90. The quantitative estimate of drug-likeness (QED) is 0.355. The molecule has 1 atom stereocenters. The van der Waals surface area contributed by atoms with Gasteiger partial charge in [0.15, 0.2) is 0 Å². The standard InChI is InChI=1S/C3H7BS/c1-3(5)2-4/h3,5H,2H2,1H3/t3-/m1/s1. The van der Waals surface area contributed by atoms with Gasteiger partial charge in [0.1, 0.15) is 0 Å². The maximum absolute atomic E-state index is 5.09. The summed E-state index contributed by atoms with van der Waals surface area (Å²) in [7, 11) is 5.09. The van der Waals surface area contributed by atoms with Crippen LogP contribution in [0.2, 0.25) is 6.32 Å². The predicted molar refractivity (Wildman–Crippen MR) is 29.0 cm³/mol. The highest BCUT2D eigenvalue weighted by Gasteiger charge is 1.80. The highest BCUT2D eigenvalue weighted by molar-refractivity contribution is 7.81. The first-order chi connectivity index (χ1) is 2.27. The van der Waals surface area contributed by atoms with E-state index in [0.717, 1.165) is 0 Å². The molecule has 5 heavy (non-hydrogen) atoms. The van der Waals surface area contributed by atoms with E-state index in [9.17, 15) is 0 Å². The lowest BCUT2D eigenvalue weighted by molar-refractivity contribution is 1.12. The van der Waals surface area contributed by atoms with Crippen molar-refractivity contribution in [3.63, 3.8) is 0 Å². The lowest BCUT2D eigenvalue weighted by atomic mass is 10.0. The molecule has 0 N–H and O–H groups in total. The largest absolute Gasteiger partial charge is 0.177 e. The van der Waals surface area contributed by atoms with Crippen LogP contribution in [0.1, 0.15) is 6.92 Å². The Bertz CT molecular complexity index is 20.9. The molecule has 0 unspecified atom stereocenters. The first-order valence-electron chi connectivity index (χ1n) is 1.65. The summed E-state index contributed by atoms with van der Waals surface area (Å²) in [4.78, 5) is 0. The van der Waals surface area contributed by atoms with E-state index in [0.29, 0.717) is 11.6 Å². The summed E-state index contributed by atoms with van der Waals surface area (Å²) in [6.45, 7) is 1.96. The molecule has 0 aliphatic rings. The molecule has 0 aliphatic carbocycles. The molecule has 0 heterocycles. The highest BCUT2D eigenvalue weighted by atomic mass is 32.1. The van der Waals surface area contributed by atoms with Crippen LogP contribution in [0.25, 0.3) is 0 Å². The number of hydrogen-bond donors (Lipinski definition) is 1. The van der Waals surface area contributed by atoms with E-state index in [1.165, 1.54) is 0 Å². The van der Waals surface area contributed by atoms with E-state index in [2.05, 4.69) is 12.6 Å². The maximum Gasteiger partial charge on any atom is 0.0667 e. The molecule has 28 valence electrons. The number of rotatable bonds is 1. The van der Waals surface area contributed by atoms with Gasteiger partial charge in [-0.05, 0) is 5.25 Å². The number of thiol groups is 1. The van der Waals surface area contributed by atoms with E-state index in [4.69, 9.17) is 7.85 Å². The third-order valence-corrected chi connectivity index (χ3v) is 0.552. The van der Waals surface area contributed by atoms with Crippen LogP contribution in [-0.2, 0) is 0 Å². The van der Waals surface area contributed by atoms with Crippen molar-refractivity contribution in [1.82, 2.24) is 0 Å². The molecule has 0 saturated carbocycles. The molecule has 0 amide bonds. The molecule has 0 aliphatic heterocycles. The average Bonchev–Trinajstić information content (AvgIpc) is 1.38. The summed E-state index contributed by atoms with van der Waals surface area (Å²) >= 11 is 3.97. The van der Waals surface area contributed by atoms with Crippen LogP contribution in [0.3, 0.4) is 0 Å². The molecule has 0 fully saturated rings. The molecule has 0 spiro atoms. The highest BCUT2D eigenvalue weighted by Crippen LogP contribution is 1.93. The Morgan fingerprint density at radius 1 is 2.00 bits per heavy atom. The Hall–Kier alpha value is 0.415. The Balaban J connectivity index is 2.54. The molecule has 0 aromatic carbocycles. The van der Waals surface area contributed by atoms with Crippen molar-refractivity contribution in [2.75, 3.05) is 0 Å². The molecular weight excluding hydrogens is 78.9 g/mol. The lowest BCUT2D eigenvalue weighted by Crippen LogP contribution is -1.84. The zero-order valence-electron chi connectivity index (χ0n) is 3.31. The van der Waals surface area contributed by atoms with E-state index in [-0.39, 0.29) is 0 Å². The fourth-order valence-electron chi connectivity index (χ4n) is 0. The van der Waals surface area contributed by atoms with Crippen molar-refractivity contribution in [2.24, 2.45) is 0 Å². The van der Waals surface area contributed by atoms with Crippen molar-refractivity contribution in [2.45, 2.75) is 18.5 Å². The van der Waals surface area contributed by atoms with Crippen LogP contribution in [0.5, 0.6) is 0 Å². The van der Waals surface area contributed by atoms with Gasteiger partial charge in [0.05, 0.1) is 7.85 Å². The monoisotopic (exact) mass is 86.0 g/mol. The van der Waals surface area contributed by atoms with Gasteiger partial charge >= 0.3 is 0 Å². The Morgan fingerprint density at radius 2 is 2.20 bits per heavy atom. The average molecular weight is 86.0 g/mol. The van der Waals surface area contributed by atoms with Crippen molar-refractivity contribution in [1.29, 1.82) is 0 Å². The Labute approximate surface area is 39.8 Å². The van der Waals surface area contributed by atoms with Gasteiger partial charge in [-0.25, -0.2) is 0 Å². The fraction of sp³-hybridized carbons (Fsp3) is 1.00. The maximum atomic E-state index is 5.09. The zero-order chi connectivity index (χ0) is 4.28. The van der Waals surface area contributed by atoms with Gasteiger partial charge in [-0.15, -0.1) is 0 Å². The molecule has 0 rings (SSSR count). The van der Waals surface area contributed by atoms with Crippen molar-refractivity contribution in [3.05, 3.63) is 0 Å². The molecule has 2 heteroatoms. The van der Waals surface area contributed by atoms with Crippen LogP contribution in [-0.4, -0.2) is 13.1 Å². The van der Waals surface area contributed by atoms with E-state index < -0.39 is 0 Å². The van der Waals surface area contributed by atoms with Gasteiger partial charge in [-0.1, -0.05) is 13.2 Å². The first-order valence-corrected chi connectivity index (χ1v) is 2.17. The van der Waals surface area contributed by atoms with Gasteiger partial charge < -0.3 is 0 Å². The molecule has 0 aromatic rings. The van der Waals surface area contributed by atoms with Crippen LogP contribution >= 0.6 is 12.6 Å². The summed E-state index contributed by atoms with van der Waals surface area (Å²) in [5.74, 6) is 0. The minimum atomic E-state index is 0.356. The Morgan fingerprint density at radius 3 is 2.20 bits per heavy atom. The van der Waals surface area contributed by atoms with E-state index in [1.54, 1.807) is 0 Å². The fourth-order valence-corrected chi connectivity index (χ4v) is 0. The SMILES string of the molecule is [B]C[C@@H](C)S. The van der Waals surface area contributed by atoms with Crippen LogP contribution in [0.4, 0.5) is 0 Å². The summed E-state index contributed by atoms with van der Waals surface area (Å²) in [5.41, 5.74) is 0. The van der Waals surface area contributed by atoms with Crippen molar-refractivity contribution < 1.29 is 0 Å².